The van der Waals surface area contributed by atoms with Crippen molar-refractivity contribution in [2.45, 2.75) is 52.6 Å². The maximum atomic E-state index is 12.3. The fourth-order valence-electron chi connectivity index (χ4n) is 3.33. The van der Waals surface area contributed by atoms with Gasteiger partial charge in [0, 0.05) is 37.4 Å². The number of hydrogen-bond acceptors (Lipinski definition) is 4. The van der Waals surface area contributed by atoms with Crippen molar-refractivity contribution in [2.75, 3.05) is 19.7 Å². The van der Waals surface area contributed by atoms with Crippen molar-refractivity contribution < 1.29 is 14.3 Å². The lowest BCUT2D eigenvalue weighted by Crippen LogP contribution is -2.49. The molecule has 140 valence electrons. The highest BCUT2D eigenvalue weighted by Gasteiger charge is 2.25. The summed E-state index contributed by atoms with van der Waals surface area (Å²) in [5.41, 5.74) is 3.03. The van der Waals surface area contributed by atoms with Crippen LogP contribution in [-0.4, -0.2) is 52.5 Å². The summed E-state index contributed by atoms with van der Waals surface area (Å²) in [6, 6.07) is -0.243. The molecule has 2 N–H and O–H groups in total. The molecule has 8 heteroatoms. The Morgan fingerprint density at radius 2 is 1.96 bits per heavy atom. The van der Waals surface area contributed by atoms with Gasteiger partial charge >= 0.3 is 12.1 Å². The Morgan fingerprint density at radius 3 is 2.48 bits per heavy atom. The Balaban J connectivity index is 1.82. The van der Waals surface area contributed by atoms with Crippen LogP contribution in [0.5, 0.6) is 0 Å². The van der Waals surface area contributed by atoms with Gasteiger partial charge in [0.2, 0.25) is 0 Å². The third kappa shape index (κ3) is 4.64. The number of urea groups is 1. The van der Waals surface area contributed by atoms with Crippen molar-refractivity contribution in [2.24, 2.45) is 7.05 Å². The van der Waals surface area contributed by atoms with Gasteiger partial charge in [-0.3, -0.25) is 4.68 Å². The first kappa shape index (κ1) is 19.1. The first-order valence-corrected chi connectivity index (χ1v) is 8.82. The number of aryl methyl sites for hydroxylation is 2. The van der Waals surface area contributed by atoms with Crippen molar-refractivity contribution in [1.82, 2.24) is 25.3 Å². The summed E-state index contributed by atoms with van der Waals surface area (Å²) in [6.07, 6.45) is 1.18. The van der Waals surface area contributed by atoms with Crippen LogP contribution in [0.1, 0.15) is 49.7 Å². The third-order valence-corrected chi connectivity index (χ3v) is 4.70. The van der Waals surface area contributed by atoms with Gasteiger partial charge in [-0.1, -0.05) is 0 Å². The number of piperidine rings is 1. The Bertz CT molecular complexity index is 620. The Kier molecular flexibility index (Phi) is 6.27. The number of ether oxygens (including phenoxy) is 1. The molecule has 0 aromatic carbocycles. The molecule has 2 heterocycles. The van der Waals surface area contributed by atoms with Gasteiger partial charge < -0.3 is 20.3 Å². The van der Waals surface area contributed by atoms with Crippen molar-refractivity contribution >= 4 is 12.1 Å². The van der Waals surface area contributed by atoms with Crippen molar-refractivity contribution in [1.29, 1.82) is 0 Å². The van der Waals surface area contributed by atoms with Gasteiger partial charge in [0.25, 0.3) is 0 Å². The first-order valence-electron chi connectivity index (χ1n) is 8.82. The molecule has 0 bridgehead atoms. The van der Waals surface area contributed by atoms with Crippen LogP contribution in [0.4, 0.5) is 9.59 Å². The molecule has 1 aliphatic heterocycles. The third-order valence-electron chi connectivity index (χ3n) is 4.70. The van der Waals surface area contributed by atoms with Crippen molar-refractivity contribution in [3.05, 3.63) is 17.0 Å². The van der Waals surface area contributed by atoms with E-state index in [1.807, 2.05) is 32.5 Å². The van der Waals surface area contributed by atoms with Crippen LogP contribution in [0.15, 0.2) is 0 Å². The predicted octanol–water partition coefficient (Wildman–Crippen LogP) is 2.02. The van der Waals surface area contributed by atoms with E-state index in [4.69, 9.17) is 4.74 Å². The largest absolute Gasteiger partial charge is 0.450 e. The van der Waals surface area contributed by atoms with Gasteiger partial charge in [0.1, 0.15) is 0 Å². The van der Waals surface area contributed by atoms with E-state index >= 15 is 0 Å². The molecule has 1 unspecified atom stereocenters. The molecule has 1 aromatic rings. The van der Waals surface area contributed by atoms with E-state index in [9.17, 15) is 9.59 Å². The number of carbonyl (C=O) groups is 2. The van der Waals surface area contributed by atoms with E-state index in [2.05, 4.69) is 15.7 Å². The second-order valence-electron chi connectivity index (χ2n) is 6.51. The quantitative estimate of drug-likeness (QED) is 0.868. The summed E-state index contributed by atoms with van der Waals surface area (Å²) in [5, 5.41) is 10.4. The number of amides is 3. The second kappa shape index (κ2) is 8.22. The van der Waals surface area contributed by atoms with Gasteiger partial charge in [-0.2, -0.15) is 5.10 Å². The smallest absolute Gasteiger partial charge is 0.409 e. The van der Waals surface area contributed by atoms with Crippen molar-refractivity contribution in [3.8, 4) is 0 Å². The first-order chi connectivity index (χ1) is 11.8. The number of hydrogen-bond donors (Lipinski definition) is 2. The average Bonchev–Trinajstić information content (AvgIpc) is 2.80. The zero-order valence-electron chi connectivity index (χ0n) is 15.8. The van der Waals surface area contributed by atoms with Gasteiger partial charge in [-0.15, -0.1) is 0 Å². The van der Waals surface area contributed by atoms with Crippen LogP contribution >= 0.6 is 0 Å². The molecule has 0 radical (unpaired) electrons. The van der Waals surface area contributed by atoms with Crippen LogP contribution in [0.3, 0.4) is 0 Å². The summed E-state index contributed by atoms with van der Waals surface area (Å²) in [6.45, 7) is 9.27. The highest BCUT2D eigenvalue weighted by Crippen LogP contribution is 2.20. The number of nitrogens with one attached hydrogen (secondary N) is 2. The number of rotatable bonds is 4. The number of carbonyl (C=O) groups excluding carboxylic acids is 2. The Labute approximate surface area is 148 Å². The summed E-state index contributed by atoms with van der Waals surface area (Å²) >= 11 is 0. The molecule has 1 atom stereocenters. The van der Waals surface area contributed by atoms with Crippen molar-refractivity contribution in [3.63, 3.8) is 0 Å². The van der Waals surface area contributed by atoms with E-state index in [1.54, 1.807) is 11.8 Å². The molecule has 1 saturated heterocycles. The summed E-state index contributed by atoms with van der Waals surface area (Å²) < 4.78 is 6.83. The molecule has 1 aliphatic rings. The lowest BCUT2D eigenvalue weighted by atomic mass is 10.1. The molecule has 0 aliphatic carbocycles. The van der Waals surface area contributed by atoms with Gasteiger partial charge in [-0.05, 0) is 40.5 Å². The highest BCUT2D eigenvalue weighted by molar-refractivity contribution is 5.75. The number of likely N-dealkylation sites (tertiary alicyclic amines) is 1. The maximum Gasteiger partial charge on any atom is 0.409 e. The van der Waals surface area contributed by atoms with E-state index in [1.165, 1.54) is 0 Å². The maximum absolute atomic E-state index is 12.3. The number of nitrogens with zero attached hydrogens (tertiary/aromatic N) is 3. The lowest BCUT2D eigenvalue weighted by molar-refractivity contribution is 0.0957. The standard InChI is InChI=1S/C17H29N5O3/c1-6-25-17(24)22-9-7-14(8-10-22)19-16(23)18-11(2)15-12(3)20-21(5)13(15)4/h11,14H,6-10H2,1-5H3,(H2,18,19,23). The van der Waals surface area contributed by atoms with E-state index in [0.717, 1.165) is 29.8 Å². The zero-order chi connectivity index (χ0) is 18.6. The minimum absolute atomic E-state index is 0.0639. The molecule has 25 heavy (non-hydrogen) atoms. The lowest BCUT2D eigenvalue weighted by Gasteiger charge is -2.31. The minimum atomic E-state index is -0.276. The monoisotopic (exact) mass is 351 g/mol. The molecular formula is C17H29N5O3. The topological polar surface area (TPSA) is 88.5 Å². The van der Waals surface area contributed by atoms with E-state index in [-0.39, 0.29) is 24.2 Å². The Hall–Kier alpha value is -2.25. The molecule has 0 spiro atoms. The fourth-order valence-corrected chi connectivity index (χ4v) is 3.33. The van der Waals surface area contributed by atoms with E-state index in [0.29, 0.717) is 19.7 Å². The minimum Gasteiger partial charge on any atom is -0.450 e. The van der Waals surface area contributed by atoms with Gasteiger partial charge in [-0.25, -0.2) is 9.59 Å². The Morgan fingerprint density at radius 1 is 1.32 bits per heavy atom. The SMILES string of the molecule is CCOC(=O)N1CCC(NC(=O)NC(C)c2c(C)nn(C)c2C)CC1. The molecule has 3 amide bonds. The molecule has 0 saturated carbocycles. The van der Waals surface area contributed by atoms with Crippen LogP contribution in [0.2, 0.25) is 0 Å². The molecular weight excluding hydrogens is 322 g/mol. The molecule has 1 fully saturated rings. The summed E-state index contributed by atoms with van der Waals surface area (Å²) in [7, 11) is 1.90. The van der Waals surface area contributed by atoms with Crippen LogP contribution in [0.25, 0.3) is 0 Å². The summed E-state index contributed by atoms with van der Waals surface area (Å²) in [4.78, 5) is 25.7. The van der Waals surface area contributed by atoms with E-state index < -0.39 is 0 Å². The van der Waals surface area contributed by atoms with Crippen LogP contribution in [0, 0.1) is 13.8 Å². The van der Waals surface area contributed by atoms with Crippen LogP contribution in [-0.2, 0) is 11.8 Å². The van der Waals surface area contributed by atoms with Crippen LogP contribution < -0.4 is 10.6 Å². The highest BCUT2D eigenvalue weighted by atomic mass is 16.6. The molecule has 2 rings (SSSR count). The molecule has 1 aromatic heterocycles. The zero-order valence-corrected chi connectivity index (χ0v) is 15.8. The average molecular weight is 351 g/mol. The normalized spacial score (nSPS) is 16.4. The number of aromatic nitrogens is 2. The molecule has 8 nitrogen and oxygen atoms in total. The predicted molar refractivity (Wildman–Crippen MR) is 94.4 cm³/mol. The van der Waals surface area contributed by atoms with Gasteiger partial charge in [0.15, 0.2) is 0 Å². The second-order valence-corrected chi connectivity index (χ2v) is 6.51. The summed E-state index contributed by atoms with van der Waals surface area (Å²) in [5.74, 6) is 0. The fraction of sp³-hybridized carbons (Fsp3) is 0.706. The van der Waals surface area contributed by atoms with Gasteiger partial charge in [0.05, 0.1) is 18.3 Å².